The Bertz CT molecular complexity index is 1150. The molecule has 5 nitrogen and oxygen atoms in total. The van der Waals surface area contributed by atoms with Crippen LogP contribution in [0.25, 0.3) is 22.7 Å². The molecule has 0 unspecified atom stereocenters. The Morgan fingerprint density at radius 2 is 1.69 bits per heavy atom. The Kier molecular flexibility index (Phi) is 5.49. The Hall–Kier alpha value is -3.70. The van der Waals surface area contributed by atoms with Gasteiger partial charge in [0, 0.05) is 36.4 Å². The number of aliphatic carboxylic acids is 1. The minimum Gasteiger partial charge on any atom is -0.478 e. The van der Waals surface area contributed by atoms with Crippen molar-refractivity contribution in [1.82, 2.24) is 15.3 Å². The second-order valence-electron chi connectivity index (χ2n) is 6.80. The zero-order chi connectivity index (χ0) is 20.1. The zero-order valence-electron chi connectivity index (χ0n) is 15.8. The van der Waals surface area contributed by atoms with Crippen molar-refractivity contribution in [1.29, 1.82) is 0 Å². The molecule has 2 aromatic heterocycles. The summed E-state index contributed by atoms with van der Waals surface area (Å²) in [7, 11) is 0. The lowest BCUT2D eigenvalue weighted by Crippen LogP contribution is -2.12. The average Bonchev–Trinajstić information content (AvgIpc) is 3.15. The fraction of sp³-hybridized carbons (Fsp3) is 0.0833. The number of pyridine rings is 1. The number of benzene rings is 2. The maximum absolute atomic E-state index is 11.8. The van der Waals surface area contributed by atoms with E-state index in [4.69, 9.17) is 0 Å². The molecule has 0 saturated heterocycles. The minimum atomic E-state index is -0.959. The fourth-order valence-electron chi connectivity index (χ4n) is 3.27. The van der Waals surface area contributed by atoms with Gasteiger partial charge in [-0.15, -0.1) is 0 Å². The molecule has 0 aliphatic heterocycles. The van der Waals surface area contributed by atoms with E-state index in [0.29, 0.717) is 12.1 Å². The van der Waals surface area contributed by atoms with E-state index in [0.717, 1.165) is 28.7 Å². The second-order valence-corrected chi connectivity index (χ2v) is 6.80. The van der Waals surface area contributed by atoms with Crippen LogP contribution in [0.3, 0.4) is 0 Å². The summed E-state index contributed by atoms with van der Waals surface area (Å²) >= 11 is 0. The summed E-state index contributed by atoms with van der Waals surface area (Å²) in [6, 6.07) is 21.4. The SMILES string of the molecule is O=C(O)/C(=C/c1c[nH]c2ncc(CNCc3ccccc3)cc12)c1ccccc1. The van der Waals surface area contributed by atoms with Crippen LogP contribution in [0.15, 0.2) is 79.1 Å². The van der Waals surface area contributed by atoms with Gasteiger partial charge in [-0.05, 0) is 28.8 Å². The second kappa shape index (κ2) is 8.54. The van der Waals surface area contributed by atoms with Crippen molar-refractivity contribution in [2.75, 3.05) is 0 Å². The number of hydrogen-bond donors (Lipinski definition) is 3. The molecule has 144 valence electrons. The highest BCUT2D eigenvalue weighted by atomic mass is 16.4. The highest BCUT2D eigenvalue weighted by Crippen LogP contribution is 2.24. The van der Waals surface area contributed by atoms with E-state index in [-0.39, 0.29) is 5.57 Å². The maximum Gasteiger partial charge on any atom is 0.336 e. The van der Waals surface area contributed by atoms with Gasteiger partial charge < -0.3 is 15.4 Å². The number of aromatic nitrogens is 2. The molecule has 2 heterocycles. The Morgan fingerprint density at radius 1 is 1.00 bits per heavy atom. The van der Waals surface area contributed by atoms with Crippen molar-refractivity contribution in [3.8, 4) is 0 Å². The third-order valence-corrected chi connectivity index (χ3v) is 4.74. The minimum absolute atomic E-state index is 0.249. The molecule has 0 aliphatic rings. The van der Waals surface area contributed by atoms with Gasteiger partial charge >= 0.3 is 5.97 Å². The lowest BCUT2D eigenvalue weighted by atomic mass is 10.0. The topological polar surface area (TPSA) is 78.0 Å². The lowest BCUT2D eigenvalue weighted by molar-refractivity contribution is -0.130. The molecule has 0 bridgehead atoms. The van der Waals surface area contributed by atoms with Crippen LogP contribution in [-0.2, 0) is 17.9 Å². The highest BCUT2D eigenvalue weighted by molar-refractivity contribution is 6.21. The number of carboxylic acid groups (broad SMARTS) is 1. The van der Waals surface area contributed by atoms with E-state index in [1.807, 2.05) is 48.7 Å². The van der Waals surface area contributed by atoms with Gasteiger partial charge in [0.1, 0.15) is 5.65 Å². The molecule has 5 heteroatoms. The normalized spacial score (nSPS) is 11.7. The van der Waals surface area contributed by atoms with Crippen LogP contribution in [0.4, 0.5) is 0 Å². The number of carbonyl (C=O) groups is 1. The molecule has 0 amide bonds. The smallest absolute Gasteiger partial charge is 0.336 e. The molecule has 0 atom stereocenters. The first-order valence-corrected chi connectivity index (χ1v) is 9.42. The molecule has 0 radical (unpaired) electrons. The van der Waals surface area contributed by atoms with E-state index >= 15 is 0 Å². The first-order chi connectivity index (χ1) is 14.2. The lowest BCUT2D eigenvalue weighted by Gasteiger charge is -2.06. The molecule has 4 aromatic rings. The van der Waals surface area contributed by atoms with Gasteiger partial charge in [-0.2, -0.15) is 0 Å². The van der Waals surface area contributed by atoms with Crippen LogP contribution in [0.5, 0.6) is 0 Å². The van der Waals surface area contributed by atoms with E-state index < -0.39 is 5.97 Å². The predicted octanol–water partition coefficient (Wildman–Crippen LogP) is 4.48. The Labute approximate surface area is 168 Å². The maximum atomic E-state index is 11.8. The van der Waals surface area contributed by atoms with E-state index in [1.165, 1.54) is 5.56 Å². The van der Waals surface area contributed by atoms with Gasteiger partial charge in [0.05, 0.1) is 5.57 Å². The Morgan fingerprint density at radius 3 is 2.41 bits per heavy atom. The number of H-pyrrole nitrogens is 1. The molecular formula is C24H21N3O2. The van der Waals surface area contributed by atoms with Crippen LogP contribution >= 0.6 is 0 Å². The van der Waals surface area contributed by atoms with Crippen LogP contribution in [0.1, 0.15) is 22.3 Å². The third kappa shape index (κ3) is 4.42. The van der Waals surface area contributed by atoms with E-state index in [9.17, 15) is 9.90 Å². The number of aromatic amines is 1. The van der Waals surface area contributed by atoms with Gasteiger partial charge in [0.25, 0.3) is 0 Å². The zero-order valence-corrected chi connectivity index (χ0v) is 15.8. The summed E-state index contributed by atoms with van der Waals surface area (Å²) in [5, 5.41) is 14.0. The monoisotopic (exact) mass is 383 g/mol. The Balaban J connectivity index is 1.59. The number of nitrogens with one attached hydrogen (secondary N) is 2. The number of rotatable bonds is 7. The van der Waals surface area contributed by atoms with Crippen molar-refractivity contribution >= 4 is 28.7 Å². The third-order valence-electron chi connectivity index (χ3n) is 4.74. The molecule has 0 aliphatic carbocycles. The van der Waals surface area contributed by atoms with Crippen molar-refractivity contribution < 1.29 is 9.90 Å². The number of fused-ring (bicyclic) bond motifs is 1. The first-order valence-electron chi connectivity index (χ1n) is 9.42. The number of carboxylic acids is 1. The molecule has 3 N–H and O–H groups in total. The summed E-state index contributed by atoms with van der Waals surface area (Å²) in [5.41, 5.74) is 4.72. The van der Waals surface area contributed by atoms with Crippen molar-refractivity contribution in [3.05, 3.63) is 101 Å². The standard InChI is InChI=1S/C24H21N3O2/c28-24(29)22(19-9-5-2-6-10-19)12-20-16-27-23-21(20)11-18(15-26-23)14-25-13-17-7-3-1-4-8-17/h1-12,15-16,25H,13-14H2,(H,26,27)(H,28,29)/b22-12+. The van der Waals surface area contributed by atoms with E-state index in [1.54, 1.807) is 24.4 Å². The van der Waals surface area contributed by atoms with Gasteiger partial charge in [-0.3, -0.25) is 0 Å². The summed E-state index contributed by atoms with van der Waals surface area (Å²) < 4.78 is 0. The van der Waals surface area contributed by atoms with Crippen LogP contribution in [0, 0.1) is 0 Å². The quantitative estimate of drug-likeness (QED) is 0.411. The largest absolute Gasteiger partial charge is 0.478 e. The van der Waals surface area contributed by atoms with Gasteiger partial charge in [-0.1, -0.05) is 60.7 Å². The molecule has 4 rings (SSSR count). The van der Waals surface area contributed by atoms with Gasteiger partial charge in [0.2, 0.25) is 0 Å². The summed E-state index contributed by atoms with van der Waals surface area (Å²) in [6.45, 7) is 1.45. The average molecular weight is 383 g/mol. The number of hydrogen-bond acceptors (Lipinski definition) is 3. The van der Waals surface area contributed by atoms with Crippen molar-refractivity contribution in [2.24, 2.45) is 0 Å². The highest BCUT2D eigenvalue weighted by Gasteiger charge is 2.12. The van der Waals surface area contributed by atoms with E-state index in [2.05, 4.69) is 27.4 Å². The van der Waals surface area contributed by atoms with Gasteiger partial charge in [0.15, 0.2) is 0 Å². The summed E-state index contributed by atoms with van der Waals surface area (Å²) in [6.07, 6.45) is 5.32. The predicted molar refractivity (Wildman–Crippen MR) is 115 cm³/mol. The summed E-state index contributed by atoms with van der Waals surface area (Å²) in [4.78, 5) is 19.4. The molecule has 0 saturated carbocycles. The molecule has 29 heavy (non-hydrogen) atoms. The van der Waals surface area contributed by atoms with Gasteiger partial charge in [-0.25, -0.2) is 9.78 Å². The van der Waals surface area contributed by atoms with Crippen molar-refractivity contribution in [3.63, 3.8) is 0 Å². The molecule has 2 aromatic carbocycles. The molecular weight excluding hydrogens is 362 g/mol. The van der Waals surface area contributed by atoms with Crippen molar-refractivity contribution in [2.45, 2.75) is 13.1 Å². The van der Waals surface area contributed by atoms with Crippen LogP contribution in [0.2, 0.25) is 0 Å². The molecule has 0 fully saturated rings. The van der Waals surface area contributed by atoms with Crippen LogP contribution in [-0.4, -0.2) is 21.0 Å². The summed E-state index contributed by atoms with van der Waals surface area (Å²) in [5.74, 6) is -0.959. The number of nitrogens with zero attached hydrogens (tertiary/aromatic N) is 1. The first kappa shape index (κ1) is 18.7. The van der Waals surface area contributed by atoms with Crippen LogP contribution < -0.4 is 5.32 Å². The molecule has 0 spiro atoms. The fourth-order valence-corrected chi connectivity index (χ4v) is 3.27.